The molecule has 0 aromatic heterocycles. The summed E-state index contributed by atoms with van der Waals surface area (Å²) in [6.07, 6.45) is 14.3. The Morgan fingerprint density at radius 2 is 1.76 bits per heavy atom. The fraction of sp³-hybridized carbons (Fsp3) is 0.755. The van der Waals surface area contributed by atoms with Crippen molar-refractivity contribution < 1.29 is 52.8 Å². The van der Waals surface area contributed by atoms with Crippen LogP contribution in [-0.4, -0.2) is 118 Å². The van der Waals surface area contributed by atoms with E-state index in [1.54, 1.807) is 30.7 Å². The third-order valence-electron chi connectivity index (χ3n) is 14.4. The van der Waals surface area contributed by atoms with E-state index >= 15 is 4.79 Å². The van der Waals surface area contributed by atoms with Crippen molar-refractivity contribution in [2.24, 2.45) is 11.3 Å². The molecule has 5 heterocycles. The van der Waals surface area contributed by atoms with Gasteiger partial charge in [0, 0.05) is 32.2 Å². The normalized spacial score (nSPS) is 33.5. The van der Waals surface area contributed by atoms with Crippen LogP contribution in [0, 0.1) is 11.3 Å². The molecule has 5 unspecified atom stereocenters. The molecule has 11 atom stereocenters. The molecule has 14 nitrogen and oxygen atoms in total. The molecule has 63 heavy (non-hydrogen) atoms. The lowest BCUT2D eigenvalue weighted by molar-refractivity contribution is -0.225. The number of rotatable bonds is 19. The second-order valence-corrected chi connectivity index (χ2v) is 20.3. The van der Waals surface area contributed by atoms with E-state index < -0.39 is 77.2 Å². The Kier molecular flexibility index (Phi) is 14.1. The third kappa shape index (κ3) is 9.92. The molecular weight excluding hydrogens is 807 g/mol. The van der Waals surface area contributed by atoms with E-state index in [0.717, 1.165) is 68.9 Å². The van der Waals surface area contributed by atoms with Crippen LogP contribution in [0.25, 0.3) is 6.08 Å². The Morgan fingerprint density at radius 1 is 1.00 bits per heavy atom. The first-order chi connectivity index (χ1) is 30.3. The van der Waals surface area contributed by atoms with Gasteiger partial charge in [0.05, 0.1) is 31.4 Å². The molecular formula is C49H71N3O11. The number of aliphatic hydroxyl groups excluding tert-OH is 1. The van der Waals surface area contributed by atoms with Gasteiger partial charge in [0.2, 0.25) is 11.8 Å². The summed E-state index contributed by atoms with van der Waals surface area (Å²) >= 11 is 0. The van der Waals surface area contributed by atoms with Crippen LogP contribution in [0.4, 0.5) is 0 Å². The van der Waals surface area contributed by atoms with Crippen LogP contribution < -0.4 is 5.32 Å². The molecule has 2 N–H and O–H groups in total. The molecule has 8 rings (SSSR count). The molecule has 5 saturated heterocycles. The Morgan fingerprint density at radius 3 is 2.48 bits per heavy atom. The largest absolute Gasteiger partial charge is 0.460 e. The predicted octanol–water partition coefficient (Wildman–Crippen LogP) is 6.30. The number of likely N-dealkylation sites (tertiary alicyclic amines) is 1. The van der Waals surface area contributed by atoms with Gasteiger partial charge in [0.25, 0.3) is 0 Å². The molecule has 0 spiro atoms. The van der Waals surface area contributed by atoms with Crippen molar-refractivity contribution in [3.63, 3.8) is 0 Å². The second-order valence-electron chi connectivity index (χ2n) is 20.3. The number of nitrogens with one attached hydrogen (secondary N) is 1. The van der Waals surface area contributed by atoms with Gasteiger partial charge in [0.1, 0.15) is 41.5 Å². The summed E-state index contributed by atoms with van der Waals surface area (Å²) in [6, 6.07) is 5.50. The summed E-state index contributed by atoms with van der Waals surface area (Å²) in [5.41, 5.74) is -0.134. The number of hydrogen-bond acceptors (Lipinski definition) is 12. The molecule has 5 aliphatic heterocycles. The number of benzene rings is 1. The van der Waals surface area contributed by atoms with Crippen LogP contribution in [0.2, 0.25) is 0 Å². The van der Waals surface area contributed by atoms with Crippen molar-refractivity contribution >= 4 is 29.8 Å². The lowest BCUT2D eigenvalue weighted by atomic mass is 9.62. The van der Waals surface area contributed by atoms with Gasteiger partial charge in [0.15, 0.2) is 11.8 Å². The first-order valence-corrected chi connectivity index (χ1v) is 24.1. The fourth-order valence-corrected chi connectivity index (χ4v) is 11.2. The zero-order valence-electron chi connectivity index (χ0n) is 38.1. The van der Waals surface area contributed by atoms with Gasteiger partial charge in [-0.3, -0.25) is 24.0 Å². The van der Waals surface area contributed by atoms with Gasteiger partial charge < -0.3 is 39.0 Å². The maximum Gasteiger partial charge on any atom is 0.327 e. The number of hydrogen-bond donors (Lipinski definition) is 2. The van der Waals surface area contributed by atoms with E-state index in [4.69, 9.17) is 28.5 Å². The molecule has 348 valence electrons. The molecule has 2 aliphatic carbocycles. The number of nitrogens with zero attached hydrogens (tertiary/aromatic N) is 2. The minimum atomic E-state index is -1.43. The highest BCUT2D eigenvalue weighted by molar-refractivity contribution is 5.96. The quantitative estimate of drug-likeness (QED) is 0.0907. The molecule has 1 aromatic rings. The van der Waals surface area contributed by atoms with E-state index in [1.807, 2.05) is 12.1 Å². The van der Waals surface area contributed by atoms with Crippen molar-refractivity contribution in [3.8, 4) is 0 Å². The highest BCUT2D eigenvalue weighted by atomic mass is 16.8. The maximum atomic E-state index is 15.6. The first-order valence-electron chi connectivity index (χ1n) is 24.1. The number of carbonyl (C=O) groups excluding carboxylic acids is 4. The lowest BCUT2D eigenvalue weighted by Gasteiger charge is -2.50. The lowest BCUT2D eigenvalue weighted by Crippen LogP contribution is -2.70. The molecule has 0 radical (unpaired) electrons. The monoisotopic (exact) mass is 878 g/mol. The Hall–Kier alpha value is -3.40. The van der Waals surface area contributed by atoms with Crippen LogP contribution >= 0.6 is 0 Å². The number of aliphatic hydroxyl groups is 1. The third-order valence-corrected chi connectivity index (χ3v) is 14.4. The number of fused-ring (bicyclic) bond motifs is 5. The van der Waals surface area contributed by atoms with E-state index in [2.05, 4.69) is 43.4 Å². The summed E-state index contributed by atoms with van der Waals surface area (Å²) in [5.74, 6) is -2.15. The Bertz CT molecular complexity index is 1840. The standard InChI is InChI=1S/C49H71N3O11/c1-6-8-10-23-48(24-11-9-7-2)61-40-38-28-49(46(57)51-25-13-16-35(51)44(55)50-34(30-53)20-22-39(54)60-47(3,4)5)42(45(56)59-38)52(63-43(49)41(40)62-48)29-33-15-12-14-31(26-33)17-18-32-19-21-36-37(27-32)58-36/h12,14-15,17-18,26,32,34-38,40-43,53H,6-11,13,16,19-25,27-30H2,1-5H3,(H,50,55)/t32?,34-,35+,36?,37?,38?,40-,41-,42-,43+,49?/m0/s1. The van der Waals surface area contributed by atoms with Crippen LogP contribution in [0.15, 0.2) is 30.3 Å². The van der Waals surface area contributed by atoms with Gasteiger partial charge in [-0.05, 0) is 89.2 Å². The second kappa shape index (κ2) is 19.2. The van der Waals surface area contributed by atoms with Gasteiger partial charge in [-0.25, -0.2) is 0 Å². The molecule has 2 amide bonds. The van der Waals surface area contributed by atoms with Gasteiger partial charge in [-0.15, -0.1) is 0 Å². The van der Waals surface area contributed by atoms with Crippen molar-refractivity contribution in [1.82, 2.24) is 15.3 Å². The highest BCUT2D eigenvalue weighted by Crippen LogP contribution is 2.59. The summed E-state index contributed by atoms with van der Waals surface area (Å²) < 4.78 is 31.6. The summed E-state index contributed by atoms with van der Waals surface area (Å²) in [6.45, 7) is 9.84. The van der Waals surface area contributed by atoms with E-state index in [-0.39, 0.29) is 38.3 Å². The van der Waals surface area contributed by atoms with Crippen LogP contribution in [0.1, 0.15) is 148 Å². The number of epoxide rings is 1. The minimum absolute atomic E-state index is 0.0121. The van der Waals surface area contributed by atoms with Gasteiger partial charge in [-0.1, -0.05) is 75.9 Å². The van der Waals surface area contributed by atoms with E-state index in [0.29, 0.717) is 50.4 Å². The highest BCUT2D eigenvalue weighted by Gasteiger charge is 2.77. The summed E-state index contributed by atoms with van der Waals surface area (Å²) in [4.78, 5) is 65.4. The number of amides is 2. The SMILES string of the molecule is CCCCCC1(CCCCC)O[C@@H]2[C@H]3ON(Cc4cccc(C=CC5CCC6OC6C5)c4)[C@H]4C(=O)OC(CC34C(=O)N3CCC[C@@H]3C(=O)N[C@H](CO)CCC(=O)OC(C)(C)C)[C@@H]2O1. The van der Waals surface area contributed by atoms with Gasteiger partial charge in [-0.2, -0.15) is 5.06 Å². The fourth-order valence-electron chi connectivity index (χ4n) is 11.2. The molecule has 7 aliphatic rings. The maximum absolute atomic E-state index is 15.6. The molecule has 7 fully saturated rings. The number of allylic oxidation sites excluding steroid dienone is 1. The number of ether oxygens (including phenoxy) is 5. The number of esters is 2. The number of unbranched alkanes of at least 4 members (excludes halogenated alkanes) is 4. The van der Waals surface area contributed by atoms with Crippen molar-refractivity contribution in [1.29, 1.82) is 0 Å². The topological polar surface area (TPSA) is 166 Å². The van der Waals surface area contributed by atoms with Crippen LogP contribution in [0.3, 0.4) is 0 Å². The van der Waals surface area contributed by atoms with Crippen LogP contribution in [-0.2, 0) is 54.2 Å². The molecule has 2 bridgehead atoms. The molecule has 1 aromatic carbocycles. The van der Waals surface area contributed by atoms with Crippen LogP contribution in [0.5, 0.6) is 0 Å². The molecule has 14 heteroatoms. The Balaban J connectivity index is 1.07. The van der Waals surface area contributed by atoms with E-state index in [1.165, 1.54) is 0 Å². The predicted molar refractivity (Wildman–Crippen MR) is 232 cm³/mol. The number of hydroxylamine groups is 2. The zero-order chi connectivity index (χ0) is 44.5. The van der Waals surface area contributed by atoms with Crippen molar-refractivity contribution in [2.45, 2.75) is 210 Å². The first kappa shape index (κ1) is 46.1. The zero-order valence-corrected chi connectivity index (χ0v) is 38.1. The summed E-state index contributed by atoms with van der Waals surface area (Å²) in [7, 11) is 0. The van der Waals surface area contributed by atoms with E-state index in [9.17, 15) is 19.5 Å². The summed E-state index contributed by atoms with van der Waals surface area (Å²) in [5, 5.41) is 14.8. The Labute approximate surface area is 373 Å². The van der Waals surface area contributed by atoms with Crippen molar-refractivity contribution in [3.05, 3.63) is 41.5 Å². The van der Waals surface area contributed by atoms with Crippen molar-refractivity contribution in [2.75, 3.05) is 13.2 Å². The smallest absolute Gasteiger partial charge is 0.327 e. The average Bonchev–Trinajstić information content (AvgIpc) is 3.51. The van der Waals surface area contributed by atoms with Gasteiger partial charge >= 0.3 is 11.9 Å². The molecule has 2 saturated carbocycles. The minimum Gasteiger partial charge on any atom is -0.460 e. The average molecular weight is 878 g/mol. The number of carbonyl (C=O) groups is 4.